The molecule has 0 N–H and O–H groups in total. The summed E-state index contributed by atoms with van der Waals surface area (Å²) in [5, 5.41) is 0. The van der Waals surface area contributed by atoms with Crippen LogP contribution in [0.15, 0.2) is 89.0 Å². The molecule has 0 bridgehead atoms. The van der Waals surface area contributed by atoms with Gasteiger partial charge in [-0.2, -0.15) is 0 Å². The highest BCUT2D eigenvalue weighted by atomic mass is 14.6. The molecular weight excluding hydrogens is 448 g/mol. The first kappa shape index (κ1) is 39.0. The Kier molecular flexibility index (Phi) is 37.6. The average molecular weight is 509 g/mol. The Morgan fingerprint density at radius 1 is 0.919 bits per heavy atom. The molecule has 0 heterocycles. The number of allylic oxidation sites excluding steroid dienone is 6. The van der Waals surface area contributed by atoms with Crippen LogP contribution in [0.3, 0.4) is 0 Å². The van der Waals surface area contributed by atoms with Gasteiger partial charge < -0.3 is 0 Å². The Morgan fingerprint density at radius 3 is 1.97 bits per heavy atom. The van der Waals surface area contributed by atoms with Crippen LogP contribution in [-0.2, 0) is 6.42 Å². The predicted octanol–water partition coefficient (Wildman–Crippen LogP) is 11.4. The highest BCUT2D eigenvalue weighted by molar-refractivity contribution is 5.82. The maximum Gasteiger partial charge on any atom is 0.0281 e. The van der Waals surface area contributed by atoms with Crippen molar-refractivity contribution >= 4 is 12.4 Å². The monoisotopic (exact) mass is 508 g/mol. The van der Waals surface area contributed by atoms with Crippen molar-refractivity contribution < 1.29 is 0 Å². The fraction of sp³-hybridized carbons (Fsp3) is 0.543. The molecule has 0 aliphatic carbocycles. The second kappa shape index (κ2) is 35.7. The van der Waals surface area contributed by atoms with Gasteiger partial charge in [-0.15, -0.1) is 0 Å². The van der Waals surface area contributed by atoms with Crippen molar-refractivity contribution in [3.05, 3.63) is 84.6 Å². The Labute approximate surface area is 232 Å². The minimum absolute atomic E-state index is 0.815. The molecule has 0 spiro atoms. The van der Waals surface area contributed by atoms with E-state index in [9.17, 15) is 0 Å². The van der Waals surface area contributed by atoms with Crippen LogP contribution < -0.4 is 0 Å². The molecule has 0 fully saturated rings. The van der Waals surface area contributed by atoms with E-state index >= 15 is 0 Å². The summed E-state index contributed by atoms with van der Waals surface area (Å²) in [5.74, 6) is 0.815. The van der Waals surface area contributed by atoms with Crippen LogP contribution in [0.5, 0.6) is 0 Å². The third-order valence-corrected chi connectivity index (χ3v) is 5.05. The smallest absolute Gasteiger partial charge is 0.0281 e. The van der Waals surface area contributed by atoms with Crippen molar-refractivity contribution in [2.45, 2.75) is 113 Å². The van der Waals surface area contributed by atoms with Gasteiger partial charge in [-0.25, -0.2) is 0 Å². The van der Waals surface area contributed by atoms with Gasteiger partial charge in [-0.3, -0.25) is 9.98 Å². The summed E-state index contributed by atoms with van der Waals surface area (Å²) >= 11 is 0. The van der Waals surface area contributed by atoms with E-state index in [4.69, 9.17) is 0 Å². The summed E-state index contributed by atoms with van der Waals surface area (Å²) in [6, 6.07) is 10.7. The quantitative estimate of drug-likeness (QED) is 0.136. The molecule has 0 aliphatic rings. The summed E-state index contributed by atoms with van der Waals surface area (Å²) in [5.41, 5.74) is 2.53. The minimum atomic E-state index is 0.815. The van der Waals surface area contributed by atoms with Crippen LogP contribution in [0.25, 0.3) is 0 Å². The molecule has 0 radical (unpaired) electrons. The number of aryl methyl sites for hydroxylation is 1. The van der Waals surface area contributed by atoms with Gasteiger partial charge in [-0.1, -0.05) is 147 Å². The lowest BCUT2D eigenvalue weighted by Crippen LogP contribution is -1.91. The Balaban J connectivity index is -0.000000421. The van der Waals surface area contributed by atoms with Crippen molar-refractivity contribution in [3.63, 3.8) is 0 Å². The second-order valence-electron chi connectivity index (χ2n) is 9.20. The van der Waals surface area contributed by atoms with E-state index in [0.717, 1.165) is 17.9 Å². The number of hydrogen-bond acceptors (Lipinski definition) is 2. The van der Waals surface area contributed by atoms with Crippen molar-refractivity contribution in [2.75, 3.05) is 7.05 Å². The zero-order valence-electron chi connectivity index (χ0n) is 25.8. The third-order valence-electron chi connectivity index (χ3n) is 5.05. The van der Waals surface area contributed by atoms with Crippen LogP contribution in [0, 0.1) is 5.92 Å². The lowest BCUT2D eigenvalue weighted by atomic mass is 10.0. The molecule has 0 unspecified atom stereocenters. The molecular formula is C35H60N2. The van der Waals surface area contributed by atoms with Crippen LogP contribution in [0.2, 0.25) is 0 Å². The van der Waals surface area contributed by atoms with E-state index in [2.05, 4.69) is 87.6 Å². The molecule has 1 aromatic carbocycles. The molecule has 0 atom stereocenters. The number of nitrogens with zero attached hydrogens (tertiary/aromatic N) is 2. The summed E-state index contributed by atoms with van der Waals surface area (Å²) in [6.45, 7) is 18.7. The normalized spacial score (nSPS) is 11.3. The van der Waals surface area contributed by atoms with Gasteiger partial charge in [0.2, 0.25) is 0 Å². The summed E-state index contributed by atoms with van der Waals surface area (Å²) in [7, 11) is 1.75. The Hall–Kier alpha value is -2.48. The number of rotatable bonds is 14. The summed E-state index contributed by atoms with van der Waals surface area (Å²) in [4.78, 5) is 7.78. The standard InChI is InChI=1S/C11H16.C9H13N.C8H18.C7H13N/c1-10(2)8-9-11-6-4-3-5-7-11;1-4-6-9(7-5-2)8-10-3;1-3-5-7-8-6-4-2;1-3-5-6-7-8-4-2/h3-7,10H,8-9H2,1-2H3;4-8H,1H2,2-3H3;3-8H2,1-2H3;4,6-7H,3,5H2,1-2H3/b;7-5-,9-6+,10-8?;;7-6-,8-4?. The Morgan fingerprint density at radius 2 is 1.54 bits per heavy atom. The number of aliphatic imine (C=N–C) groups is 2. The van der Waals surface area contributed by atoms with Gasteiger partial charge in [-0.05, 0) is 50.2 Å². The van der Waals surface area contributed by atoms with Crippen molar-refractivity contribution in [1.29, 1.82) is 0 Å². The van der Waals surface area contributed by atoms with Crippen LogP contribution >= 0.6 is 0 Å². The first-order chi connectivity index (χ1) is 18.0. The highest BCUT2D eigenvalue weighted by Gasteiger charge is 1.94. The highest BCUT2D eigenvalue weighted by Crippen LogP contribution is 2.07. The second-order valence-corrected chi connectivity index (χ2v) is 9.20. The fourth-order valence-corrected chi connectivity index (χ4v) is 2.96. The van der Waals surface area contributed by atoms with Gasteiger partial charge in [0.15, 0.2) is 0 Å². The van der Waals surface area contributed by atoms with Gasteiger partial charge >= 0.3 is 0 Å². The molecule has 0 aliphatic heterocycles. The van der Waals surface area contributed by atoms with E-state index in [-0.39, 0.29) is 0 Å². The molecule has 0 aromatic heterocycles. The molecule has 2 heteroatoms. The van der Waals surface area contributed by atoms with E-state index in [1.54, 1.807) is 25.6 Å². The molecule has 2 nitrogen and oxygen atoms in total. The molecule has 1 rings (SSSR count). The molecule has 1 aromatic rings. The molecule has 0 saturated heterocycles. The molecule has 0 saturated carbocycles. The maximum absolute atomic E-state index is 3.90. The summed E-state index contributed by atoms with van der Waals surface area (Å²) < 4.78 is 0. The van der Waals surface area contributed by atoms with Gasteiger partial charge in [0.25, 0.3) is 0 Å². The zero-order valence-corrected chi connectivity index (χ0v) is 25.8. The van der Waals surface area contributed by atoms with Crippen molar-refractivity contribution in [2.24, 2.45) is 15.9 Å². The largest absolute Gasteiger partial charge is 0.296 e. The first-order valence-electron chi connectivity index (χ1n) is 14.5. The average Bonchev–Trinajstić information content (AvgIpc) is 2.90. The van der Waals surface area contributed by atoms with Gasteiger partial charge in [0.05, 0.1) is 0 Å². The van der Waals surface area contributed by atoms with Crippen LogP contribution in [0.4, 0.5) is 0 Å². The maximum atomic E-state index is 3.90. The van der Waals surface area contributed by atoms with E-state index in [1.165, 1.54) is 63.4 Å². The number of unbranched alkanes of at least 4 members (excludes halogenated alkanes) is 6. The Bertz CT molecular complexity index is 686. The summed E-state index contributed by atoms with van der Waals surface area (Å²) in [6.07, 6.45) is 28.4. The van der Waals surface area contributed by atoms with E-state index < -0.39 is 0 Å². The first-order valence-corrected chi connectivity index (χ1v) is 14.5. The van der Waals surface area contributed by atoms with Crippen LogP contribution in [0.1, 0.15) is 112 Å². The molecule has 210 valence electrons. The SMILES string of the molecule is C=C/C=C(C=NC)\C=C/C.CC(C)CCc1ccccc1.CC=N/C=C\CCC.CCCCCCCC. The predicted molar refractivity (Wildman–Crippen MR) is 174 cm³/mol. The number of hydrogen-bond donors (Lipinski definition) is 0. The van der Waals surface area contributed by atoms with Crippen molar-refractivity contribution in [3.8, 4) is 0 Å². The van der Waals surface area contributed by atoms with Crippen molar-refractivity contribution in [1.82, 2.24) is 0 Å². The minimum Gasteiger partial charge on any atom is -0.296 e. The fourth-order valence-electron chi connectivity index (χ4n) is 2.96. The molecule has 37 heavy (non-hydrogen) atoms. The van der Waals surface area contributed by atoms with E-state index in [1.807, 2.05) is 38.3 Å². The lowest BCUT2D eigenvalue weighted by Gasteiger charge is -2.03. The topological polar surface area (TPSA) is 24.7 Å². The lowest BCUT2D eigenvalue weighted by molar-refractivity contribution is 0.587. The molecule has 0 amide bonds. The zero-order chi connectivity index (χ0) is 28.4. The van der Waals surface area contributed by atoms with Crippen LogP contribution in [-0.4, -0.2) is 19.5 Å². The van der Waals surface area contributed by atoms with Gasteiger partial charge in [0.1, 0.15) is 0 Å². The third kappa shape index (κ3) is 38.2. The van der Waals surface area contributed by atoms with E-state index in [0.29, 0.717) is 0 Å². The van der Waals surface area contributed by atoms with Gasteiger partial charge in [0, 0.05) is 25.7 Å². The number of benzene rings is 1.